The zero-order chi connectivity index (χ0) is 17.0. The van der Waals surface area contributed by atoms with Gasteiger partial charge in [-0.25, -0.2) is 0 Å². The van der Waals surface area contributed by atoms with Gasteiger partial charge in [0.1, 0.15) is 5.75 Å². The lowest BCUT2D eigenvalue weighted by Gasteiger charge is -2.19. The van der Waals surface area contributed by atoms with Crippen LogP contribution in [0.15, 0.2) is 42.5 Å². The van der Waals surface area contributed by atoms with Gasteiger partial charge in [0.15, 0.2) is 6.61 Å². The highest BCUT2D eigenvalue weighted by Gasteiger charge is 2.13. The van der Waals surface area contributed by atoms with E-state index < -0.39 is 0 Å². The van der Waals surface area contributed by atoms with Gasteiger partial charge in [0, 0.05) is 10.7 Å². The number of benzene rings is 2. The second-order valence-electron chi connectivity index (χ2n) is 6.57. The third-order valence-electron chi connectivity index (χ3n) is 3.55. The molecule has 2 aromatic carbocycles. The van der Waals surface area contributed by atoms with Crippen LogP contribution in [-0.4, -0.2) is 12.5 Å². The van der Waals surface area contributed by atoms with E-state index in [0.717, 1.165) is 11.3 Å². The minimum absolute atomic E-state index is 0.0308. The molecule has 0 aliphatic rings. The molecule has 0 aromatic heterocycles. The number of amides is 1. The highest BCUT2D eigenvalue weighted by molar-refractivity contribution is 6.30. The van der Waals surface area contributed by atoms with E-state index in [0.29, 0.717) is 10.8 Å². The van der Waals surface area contributed by atoms with Gasteiger partial charge < -0.3 is 10.1 Å². The van der Waals surface area contributed by atoms with Crippen LogP contribution < -0.4 is 10.1 Å². The first-order valence-electron chi connectivity index (χ1n) is 7.55. The van der Waals surface area contributed by atoms with E-state index in [1.54, 1.807) is 12.1 Å². The van der Waals surface area contributed by atoms with Crippen LogP contribution in [0.2, 0.25) is 5.02 Å². The van der Waals surface area contributed by atoms with Gasteiger partial charge in [-0.1, -0.05) is 44.5 Å². The van der Waals surface area contributed by atoms with E-state index in [4.69, 9.17) is 16.3 Å². The number of aryl methyl sites for hydroxylation is 1. The third-order valence-corrected chi connectivity index (χ3v) is 3.79. The van der Waals surface area contributed by atoms with Crippen LogP contribution in [0, 0.1) is 6.92 Å². The molecule has 0 aliphatic heterocycles. The highest BCUT2D eigenvalue weighted by Crippen LogP contribution is 2.24. The van der Waals surface area contributed by atoms with Gasteiger partial charge in [-0.2, -0.15) is 0 Å². The Hall–Kier alpha value is -2.00. The summed E-state index contributed by atoms with van der Waals surface area (Å²) in [5, 5.41) is 3.47. The summed E-state index contributed by atoms with van der Waals surface area (Å²) >= 11 is 5.90. The maximum Gasteiger partial charge on any atom is 0.262 e. The lowest BCUT2D eigenvalue weighted by Crippen LogP contribution is -2.20. The van der Waals surface area contributed by atoms with Gasteiger partial charge in [0.05, 0.1) is 0 Å². The summed E-state index contributed by atoms with van der Waals surface area (Å²) in [5.74, 6) is 0.483. The number of carbonyl (C=O) groups excluding carboxylic acids is 1. The van der Waals surface area contributed by atoms with Crippen LogP contribution in [0.3, 0.4) is 0 Å². The molecule has 0 saturated carbocycles. The molecule has 1 N–H and O–H groups in total. The molecular formula is C19H22ClNO2. The molecule has 0 unspecified atom stereocenters. The standard InChI is InChI=1S/C19H22ClNO2/c1-13-11-15(20)7-10-17(13)21-18(22)12-23-16-8-5-14(6-9-16)19(2,3)4/h5-11H,12H2,1-4H3,(H,21,22). The molecule has 0 heterocycles. The van der Waals surface area contributed by atoms with Crippen LogP contribution in [0.4, 0.5) is 5.69 Å². The summed E-state index contributed by atoms with van der Waals surface area (Å²) < 4.78 is 5.53. The van der Waals surface area contributed by atoms with E-state index in [2.05, 4.69) is 26.1 Å². The SMILES string of the molecule is Cc1cc(Cl)ccc1NC(=O)COc1ccc(C(C)(C)C)cc1. The Morgan fingerprint density at radius 1 is 1.13 bits per heavy atom. The van der Waals surface area contributed by atoms with Gasteiger partial charge in [-0.05, 0) is 53.8 Å². The van der Waals surface area contributed by atoms with Crippen molar-refractivity contribution in [3.05, 3.63) is 58.6 Å². The van der Waals surface area contributed by atoms with Crippen molar-refractivity contribution in [2.45, 2.75) is 33.1 Å². The summed E-state index contributed by atoms with van der Waals surface area (Å²) in [6, 6.07) is 13.2. The number of halogens is 1. The van der Waals surface area contributed by atoms with Crippen molar-refractivity contribution in [1.29, 1.82) is 0 Å². The molecule has 0 bridgehead atoms. The molecule has 0 spiro atoms. The minimum atomic E-state index is -0.199. The van der Waals surface area contributed by atoms with Crippen molar-refractivity contribution in [2.75, 3.05) is 11.9 Å². The number of anilines is 1. The molecular weight excluding hydrogens is 310 g/mol. The predicted molar refractivity (Wildman–Crippen MR) is 95.5 cm³/mol. The lowest BCUT2D eigenvalue weighted by atomic mass is 9.87. The Bertz CT molecular complexity index is 688. The Labute approximate surface area is 142 Å². The maximum absolute atomic E-state index is 12.0. The molecule has 0 radical (unpaired) electrons. The summed E-state index contributed by atoms with van der Waals surface area (Å²) in [6.07, 6.45) is 0. The minimum Gasteiger partial charge on any atom is -0.484 e. The maximum atomic E-state index is 12.0. The average molecular weight is 332 g/mol. The first-order valence-corrected chi connectivity index (χ1v) is 7.93. The molecule has 23 heavy (non-hydrogen) atoms. The van der Waals surface area contributed by atoms with Gasteiger partial charge in [-0.15, -0.1) is 0 Å². The van der Waals surface area contributed by atoms with Gasteiger partial charge >= 0.3 is 0 Å². The summed E-state index contributed by atoms with van der Waals surface area (Å²) in [4.78, 5) is 12.0. The summed E-state index contributed by atoms with van der Waals surface area (Å²) in [7, 11) is 0. The molecule has 0 fully saturated rings. The van der Waals surface area contributed by atoms with E-state index in [-0.39, 0.29) is 17.9 Å². The molecule has 2 rings (SSSR count). The molecule has 3 nitrogen and oxygen atoms in total. The van der Waals surface area contributed by atoms with Gasteiger partial charge in [-0.3, -0.25) is 4.79 Å². The average Bonchev–Trinajstić information content (AvgIpc) is 2.47. The first kappa shape index (κ1) is 17.4. The van der Waals surface area contributed by atoms with Crippen LogP contribution in [0.25, 0.3) is 0 Å². The first-order chi connectivity index (χ1) is 10.8. The third kappa shape index (κ3) is 5.00. The summed E-state index contributed by atoms with van der Waals surface area (Å²) in [6.45, 7) is 8.34. The molecule has 2 aromatic rings. The Morgan fingerprint density at radius 2 is 1.78 bits per heavy atom. The highest BCUT2D eigenvalue weighted by atomic mass is 35.5. The fourth-order valence-electron chi connectivity index (χ4n) is 2.15. The number of carbonyl (C=O) groups is 1. The normalized spacial score (nSPS) is 11.2. The molecule has 0 saturated heterocycles. The van der Waals surface area contributed by atoms with Crippen molar-refractivity contribution in [3.8, 4) is 5.75 Å². The number of hydrogen-bond acceptors (Lipinski definition) is 2. The van der Waals surface area contributed by atoms with Crippen molar-refractivity contribution < 1.29 is 9.53 Å². The van der Waals surface area contributed by atoms with Crippen LogP contribution in [0.1, 0.15) is 31.9 Å². The van der Waals surface area contributed by atoms with Gasteiger partial charge in [0.2, 0.25) is 0 Å². The molecule has 4 heteroatoms. The zero-order valence-electron chi connectivity index (χ0n) is 13.9. The lowest BCUT2D eigenvalue weighted by molar-refractivity contribution is -0.118. The van der Waals surface area contributed by atoms with Crippen molar-refractivity contribution >= 4 is 23.2 Å². The predicted octanol–water partition coefficient (Wildman–Crippen LogP) is 4.96. The smallest absolute Gasteiger partial charge is 0.262 e. The Kier molecular flexibility index (Phi) is 5.32. The van der Waals surface area contributed by atoms with Crippen molar-refractivity contribution in [2.24, 2.45) is 0 Å². The number of ether oxygens (including phenoxy) is 1. The molecule has 1 amide bonds. The van der Waals surface area contributed by atoms with E-state index >= 15 is 0 Å². The number of rotatable bonds is 4. The molecule has 122 valence electrons. The number of nitrogens with one attached hydrogen (secondary N) is 1. The fourth-order valence-corrected chi connectivity index (χ4v) is 2.38. The quantitative estimate of drug-likeness (QED) is 0.859. The van der Waals surface area contributed by atoms with Crippen molar-refractivity contribution in [1.82, 2.24) is 0 Å². The molecule has 0 atom stereocenters. The second-order valence-corrected chi connectivity index (χ2v) is 7.01. The monoisotopic (exact) mass is 331 g/mol. The Morgan fingerprint density at radius 3 is 2.35 bits per heavy atom. The van der Waals surface area contributed by atoms with E-state index in [1.807, 2.05) is 37.3 Å². The van der Waals surface area contributed by atoms with Crippen LogP contribution >= 0.6 is 11.6 Å². The fraction of sp³-hybridized carbons (Fsp3) is 0.316. The van der Waals surface area contributed by atoms with Gasteiger partial charge in [0.25, 0.3) is 5.91 Å². The topological polar surface area (TPSA) is 38.3 Å². The molecule has 0 aliphatic carbocycles. The van der Waals surface area contributed by atoms with Crippen LogP contribution in [0.5, 0.6) is 5.75 Å². The van der Waals surface area contributed by atoms with E-state index in [1.165, 1.54) is 5.56 Å². The van der Waals surface area contributed by atoms with Crippen molar-refractivity contribution in [3.63, 3.8) is 0 Å². The van der Waals surface area contributed by atoms with E-state index in [9.17, 15) is 4.79 Å². The second kappa shape index (κ2) is 7.05. The zero-order valence-corrected chi connectivity index (χ0v) is 14.7. The number of hydrogen-bond donors (Lipinski definition) is 1. The largest absolute Gasteiger partial charge is 0.484 e. The Balaban J connectivity index is 1.91. The van der Waals surface area contributed by atoms with Crippen LogP contribution in [-0.2, 0) is 10.2 Å². The summed E-state index contributed by atoms with van der Waals surface area (Å²) in [5.41, 5.74) is 2.99.